The molecule has 21 heavy (non-hydrogen) atoms. The van der Waals surface area contributed by atoms with Crippen LogP contribution in [-0.2, 0) is 16.6 Å². The fraction of sp³-hybridized carbons (Fsp3) is 0.571. The zero-order valence-corrected chi connectivity index (χ0v) is 13.9. The van der Waals surface area contributed by atoms with Gasteiger partial charge in [-0.25, -0.2) is 13.1 Å². The van der Waals surface area contributed by atoms with Crippen molar-refractivity contribution < 1.29 is 8.42 Å². The highest BCUT2D eigenvalue weighted by atomic mass is 35.5. The Kier molecular flexibility index (Phi) is 4.48. The van der Waals surface area contributed by atoms with Crippen molar-refractivity contribution in [2.24, 2.45) is 0 Å². The molecule has 2 aliphatic carbocycles. The van der Waals surface area contributed by atoms with Crippen molar-refractivity contribution in [3.05, 3.63) is 27.7 Å². The summed E-state index contributed by atoms with van der Waals surface area (Å²) < 4.78 is 27.5. The Morgan fingerprint density at radius 3 is 2.38 bits per heavy atom. The van der Waals surface area contributed by atoms with Crippen molar-refractivity contribution in [1.82, 2.24) is 10.0 Å². The molecule has 1 aromatic rings. The summed E-state index contributed by atoms with van der Waals surface area (Å²) in [6.45, 7) is 0.495. The number of hydrogen-bond acceptors (Lipinski definition) is 3. The number of sulfonamides is 1. The minimum atomic E-state index is -3.58. The zero-order valence-electron chi connectivity index (χ0n) is 11.5. The van der Waals surface area contributed by atoms with Gasteiger partial charge in [-0.15, -0.1) is 0 Å². The second-order valence-corrected chi connectivity index (χ2v) is 8.21. The maximum absolute atomic E-state index is 12.4. The Morgan fingerprint density at radius 2 is 1.81 bits per heavy atom. The summed E-state index contributed by atoms with van der Waals surface area (Å²) in [5.74, 6) is 0. The molecule has 0 heterocycles. The van der Waals surface area contributed by atoms with E-state index in [0.717, 1.165) is 32.1 Å². The van der Waals surface area contributed by atoms with Crippen molar-refractivity contribution >= 4 is 33.2 Å². The quantitative estimate of drug-likeness (QED) is 0.830. The lowest BCUT2D eigenvalue weighted by Crippen LogP contribution is -2.39. The van der Waals surface area contributed by atoms with E-state index in [0.29, 0.717) is 23.2 Å². The van der Waals surface area contributed by atoms with E-state index >= 15 is 0 Å². The highest BCUT2D eigenvalue weighted by molar-refractivity contribution is 7.89. The van der Waals surface area contributed by atoms with Crippen molar-refractivity contribution in [1.29, 1.82) is 0 Å². The first-order valence-electron chi connectivity index (χ1n) is 7.20. The topological polar surface area (TPSA) is 58.2 Å². The second-order valence-electron chi connectivity index (χ2n) is 5.74. The Bertz CT molecular complexity index is 641. The number of hydrogen-bond donors (Lipinski definition) is 2. The third kappa shape index (κ3) is 3.54. The molecule has 0 amide bonds. The van der Waals surface area contributed by atoms with Crippen LogP contribution in [0.15, 0.2) is 17.0 Å². The van der Waals surface area contributed by atoms with Gasteiger partial charge in [-0.3, -0.25) is 0 Å². The molecular formula is C14H18Cl2N2O2S. The minimum absolute atomic E-state index is 0.0368. The number of nitrogens with one attached hydrogen (secondary N) is 2. The molecule has 3 rings (SSSR count). The average molecular weight is 349 g/mol. The molecule has 2 fully saturated rings. The molecule has 7 heteroatoms. The molecule has 1 aromatic carbocycles. The third-order valence-electron chi connectivity index (χ3n) is 4.01. The third-order valence-corrected chi connectivity index (χ3v) is 6.47. The van der Waals surface area contributed by atoms with Crippen LogP contribution in [-0.4, -0.2) is 20.5 Å². The van der Waals surface area contributed by atoms with Crippen LogP contribution >= 0.6 is 23.2 Å². The Balaban J connectivity index is 1.84. The highest BCUT2D eigenvalue weighted by Crippen LogP contribution is 2.33. The van der Waals surface area contributed by atoms with Crippen LogP contribution in [0.4, 0.5) is 0 Å². The summed E-state index contributed by atoms with van der Waals surface area (Å²) in [4.78, 5) is 0.119. The number of halogens is 2. The van der Waals surface area contributed by atoms with E-state index < -0.39 is 10.0 Å². The predicted molar refractivity (Wildman–Crippen MR) is 84.3 cm³/mol. The first-order chi connectivity index (χ1) is 9.97. The first kappa shape index (κ1) is 15.6. The minimum Gasteiger partial charge on any atom is -0.310 e. The molecule has 0 spiro atoms. The lowest BCUT2D eigenvalue weighted by atomic mass is 9.94. The fourth-order valence-electron chi connectivity index (χ4n) is 2.29. The van der Waals surface area contributed by atoms with Crippen LogP contribution in [0.2, 0.25) is 10.0 Å². The monoisotopic (exact) mass is 348 g/mol. The summed E-state index contributed by atoms with van der Waals surface area (Å²) in [7, 11) is -3.58. The predicted octanol–water partition coefficient (Wildman–Crippen LogP) is 3.08. The summed E-state index contributed by atoms with van der Waals surface area (Å²) in [6, 6.07) is 3.62. The summed E-state index contributed by atoms with van der Waals surface area (Å²) in [5.41, 5.74) is 0.654. The van der Waals surface area contributed by atoms with Crippen LogP contribution in [0, 0.1) is 0 Å². The summed E-state index contributed by atoms with van der Waals surface area (Å²) in [5, 5.41) is 4.03. The molecule has 0 radical (unpaired) electrons. The van der Waals surface area contributed by atoms with E-state index in [2.05, 4.69) is 10.0 Å². The molecule has 116 valence electrons. The molecule has 0 saturated heterocycles. The first-order valence-corrected chi connectivity index (χ1v) is 9.44. The van der Waals surface area contributed by atoms with E-state index in [1.807, 2.05) is 0 Å². The number of benzene rings is 1. The van der Waals surface area contributed by atoms with E-state index in [1.54, 1.807) is 6.07 Å². The van der Waals surface area contributed by atoms with Gasteiger partial charge in [0.2, 0.25) is 10.0 Å². The molecule has 0 aliphatic heterocycles. The fourth-order valence-corrected chi connectivity index (χ4v) is 4.51. The molecular weight excluding hydrogens is 331 g/mol. The van der Waals surface area contributed by atoms with Crippen LogP contribution < -0.4 is 10.0 Å². The average Bonchev–Trinajstić information content (AvgIpc) is 3.17. The Morgan fingerprint density at radius 1 is 1.10 bits per heavy atom. The number of rotatable bonds is 6. The molecule has 2 N–H and O–H groups in total. The van der Waals surface area contributed by atoms with Gasteiger partial charge < -0.3 is 5.32 Å². The largest absolute Gasteiger partial charge is 0.310 e. The van der Waals surface area contributed by atoms with Gasteiger partial charge in [-0.1, -0.05) is 29.6 Å². The van der Waals surface area contributed by atoms with Gasteiger partial charge in [0, 0.05) is 29.2 Å². The van der Waals surface area contributed by atoms with E-state index in [4.69, 9.17) is 23.2 Å². The smallest absolute Gasteiger partial charge is 0.242 e. The van der Waals surface area contributed by atoms with Crippen LogP contribution in [0.3, 0.4) is 0 Å². The Labute approximate surface area is 135 Å². The summed E-state index contributed by atoms with van der Waals surface area (Å²) >= 11 is 12.5. The van der Waals surface area contributed by atoms with Crippen molar-refractivity contribution in [3.8, 4) is 0 Å². The molecule has 0 unspecified atom stereocenters. The van der Waals surface area contributed by atoms with Gasteiger partial charge in [0.25, 0.3) is 0 Å². The second kappa shape index (κ2) is 6.05. The van der Waals surface area contributed by atoms with Crippen LogP contribution in [0.25, 0.3) is 0 Å². The van der Waals surface area contributed by atoms with Gasteiger partial charge in [0.1, 0.15) is 4.90 Å². The SMILES string of the molecule is O=S(=O)(NC1CCC1)c1ccc(Cl)c(CNC2CC2)c1Cl. The molecule has 2 aliphatic rings. The maximum Gasteiger partial charge on any atom is 0.242 e. The van der Waals surface area contributed by atoms with Crippen molar-refractivity contribution in [3.63, 3.8) is 0 Å². The lowest BCUT2D eigenvalue weighted by Gasteiger charge is -2.26. The normalized spacial score (nSPS) is 19.5. The van der Waals surface area contributed by atoms with Gasteiger partial charge in [-0.05, 0) is 37.8 Å². The maximum atomic E-state index is 12.4. The van der Waals surface area contributed by atoms with Gasteiger partial charge in [0.05, 0.1) is 5.02 Å². The van der Waals surface area contributed by atoms with Crippen molar-refractivity contribution in [2.45, 2.75) is 55.6 Å². The zero-order chi connectivity index (χ0) is 15.0. The summed E-state index contributed by atoms with van der Waals surface area (Å²) in [6.07, 6.45) is 5.14. The Hall–Kier alpha value is -0.330. The molecule has 4 nitrogen and oxygen atoms in total. The van der Waals surface area contributed by atoms with Crippen LogP contribution in [0.1, 0.15) is 37.7 Å². The standard InChI is InChI=1S/C14H18Cl2N2O2S/c15-12-6-7-13(21(19,20)18-10-2-1-3-10)14(16)11(12)8-17-9-4-5-9/h6-7,9-10,17-18H,1-5,8H2. The molecule has 0 bridgehead atoms. The van der Waals surface area contributed by atoms with E-state index in [1.165, 1.54) is 6.07 Å². The van der Waals surface area contributed by atoms with Gasteiger partial charge >= 0.3 is 0 Å². The highest BCUT2D eigenvalue weighted by Gasteiger charge is 2.28. The van der Waals surface area contributed by atoms with Crippen molar-refractivity contribution in [2.75, 3.05) is 0 Å². The molecule has 0 aromatic heterocycles. The van der Waals surface area contributed by atoms with E-state index in [9.17, 15) is 8.42 Å². The van der Waals surface area contributed by atoms with Gasteiger partial charge in [-0.2, -0.15) is 0 Å². The lowest BCUT2D eigenvalue weighted by molar-refractivity contribution is 0.383. The van der Waals surface area contributed by atoms with Crippen LogP contribution in [0.5, 0.6) is 0 Å². The van der Waals surface area contributed by atoms with E-state index in [-0.39, 0.29) is 16.0 Å². The molecule has 0 atom stereocenters. The molecule has 2 saturated carbocycles. The van der Waals surface area contributed by atoms with Gasteiger partial charge in [0.15, 0.2) is 0 Å².